The number of hydrogen-bond donors (Lipinski definition) is 1. The average molecular weight is 633 g/mol. The average Bonchev–Trinajstić information content (AvgIpc) is 3.43. The number of carbonyl (C=O) groups is 1. The number of aromatic carboxylic acids is 1. The summed E-state index contributed by atoms with van der Waals surface area (Å²) in [6.45, 7) is 4.59. The molecule has 1 atom stereocenters. The zero-order valence-corrected chi connectivity index (χ0v) is 31.0. The van der Waals surface area contributed by atoms with Gasteiger partial charge in [0, 0.05) is 0 Å². The smallest absolute Gasteiger partial charge is 0.339 e. The van der Waals surface area contributed by atoms with Gasteiger partial charge in [-0.25, -0.2) is 4.79 Å². The third-order valence-corrected chi connectivity index (χ3v) is 11.2. The molecule has 0 amide bonds. The molecule has 1 aromatic rings. The second-order valence-electron chi connectivity index (χ2n) is 14.1. The molecule has 0 saturated heterocycles. The van der Waals surface area contributed by atoms with Gasteiger partial charge in [0.15, 0.2) is 0 Å². The van der Waals surface area contributed by atoms with Crippen molar-refractivity contribution in [3.63, 3.8) is 0 Å². The molecule has 0 aliphatic rings. The van der Waals surface area contributed by atoms with E-state index in [1.807, 2.05) is 0 Å². The molecule has 0 radical (unpaired) electrons. The Kier molecular flexibility index (Phi) is 30.2. The van der Waals surface area contributed by atoms with Crippen LogP contribution < -0.4 is 0 Å². The summed E-state index contributed by atoms with van der Waals surface area (Å²) in [6, 6.07) is 0. The van der Waals surface area contributed by atoms with Crippen LogP contribution in [0.2, 0.25) is 0 Å². The van der Waals surface area contributed by atoms with Gasteiger partial charge >= 0.3 is 5.97 Å². The molecule has 1 heterocycles. The Bertz CT molecular complexity index is 739. The highest BCUT2D eigenvalue weighted by Crippen LogP contribution is 2.30. The van der Waals surface area contributed by atoms with Gasteiger partial charge in [0.05, 0.1) is 5.30 Å². The van der Waals surface area contributed by atoms with E-state index >= 15 is 0 Å². The Morgan fingerprint density at radius 3 is 1.02 bits per heavy atom. The molecule has 44 heavy (non-hydrogen) atoms. The molecule has 0 aliphatic carbocycles. The lowest BCUT2D eigenvalue weighted by Crippen LogP contribution is -2.01. The zero-order chi connectivity index (χ0) is 31.8. The van der Waals surface area contributed by atoms with Gasteiger partial charge in [0.2, 0.25) is 0 Å². The third kappa shape index (κ3) is 24.5. The van der Waals surface area contributed by atoms with Gasteiger partial charge in [0.25, 0.3) is 0 Å². The van der Waals surface area contributed by atoms with Crippen LogP contribution in [-0.2, 0) is 12.8 Å². The fraction of sp³-hybridized carbons (Fsp3) is 0.878. The summed E-state index contributed by atoms with van der Waals surface area (Å²) in [7, 11) is 0.380. The Labute approximate surface area is 277 Å². The van der Waals surface area contributed by atoms with Gasteiger partial charge in [-0.15, -0.1) is 8.19 Å². The highest BCUT2D eigenvalue weighted by atomic mass is 31.0. The van der Waals surface area contributed by atoms with Crippen molar-refractivity contribution in [2.45, 2.75) is 232 Å². The standard InChI is InChI=1S/C41H77O2P/c1-3-5-7-9-11-13-15-17-19-21-23-25-27-29-31-33-35-38-37-44-40(41(42)43)39(38)36-34-32-30-28-26-24-22-20-18-16-14-12-10-8-6-4-2/h37,44H,3-36H2,1-2H3,(H,42,43). The first kappa shape index (κ1) is 41.3. The molecule has 1 aromatic heterocycles. The summed E-state index contributed by atoms with van der Waals surface area (Å²) in [6.07, 6.45) is 46.6. The van der Waals surface area contributed by atoms with E-state index in [4.69, 9.17) is 0 Å². The molecule has 0 spiro atoms. The number of carboxylic acids is 1. The topological polar surface area (TPSA) is 37.3 Å². The summed E-state index contributed by atoms with van der Waals surface area (Å²) >= 11 is 0. The highest BCUT2D eigenvalue weighted by Gasteiger charge is 2.15. The normalized spacial score (nSPS) is 11.7. The van der Waals surface area contributed by atoms with Crippen molar-refractivity contribution < 1.29 is 9.90 Å². The summed E-state index contributed by atoms with van der Waals surface area (Å²) in [4.78, 5) is 11.9. The monoisotopic (exact) mass is 633 g/mol. The van der Waals surface area contributed by atoms with Crippen molar-refractivity contribution in [3.8, 4) is 0 Å². The van der Waals surface area contributed by atoms with Crippen LogP contribution in [0.4, 0.5) is 0 Å². The number of rotatable bonds is 35. The number of unbranched alkanes of at least 4 members (excludes halogenated alkanes) is 30. The maximum absolute atomic E-state index is 11.9. The van der Waals surface area contributed by atoms with Gasteiger partial charge in [-0.1, -0.05) is 206 Å². The second-order valence-corrected chi connectivity index (χ2v) is 15.2. The summed E-state index contributed by atoms with van der Waals surface area (Å²) in [5.74, 6) is 1.59. The van der Waals surface area contributed by atoms with Crippen LogP contribution in [0, 0.1) is 0 Å². The molecule has 1 unspecified atom stereocenters. The Morgan fingerprint density at radius 2 is 0.727 bits per heavy atom. The molecule has 0 fully saturated rings. The van der Waals surface area contributed by atoms with Crippen molar-refractivity contribution in [1.82, 2.24) is 0 Å². The number of carboxylic acid groups (broad SMARTS) is 1. The Balaban J connectivity index is 2.01. The maximum atomic E-state index is 11.9. The molecule has 1 rings (SSSR count). The largest absolute Gasteiger partial charge is 0.477 e. The van der Waals surface area contributed by atoms with E-state index in [2.05, 4.69) is 19.6 Å². The molecule has 0 bridgehead atoms. The van der Waals surface area contributed by atoms with E-state index < -0.39 is 5.97 Å². The summed E-state index contributed by atoms with van der Waals surface area (Å²) < 4.78 is 0. The highest BCUT2D eigenvalue weighted by molar-refractivity contribution is 7.32. The fourth-order valence-corrected chi connectivity index (χ4v) is 8.13. The van der Waals surface area contributed by atoms with Crippen LogP contribution in [0.25, 0.3) is 0 Å². The maximum Gasteiger partial charge on any atom is 0.339 e. The lowest BCUT2D eigenvalue weighted by molar-refractivity contribution is 0.0701. The minimum atomic E-state index is -0.673. The van der Waals surface area contributed by atoms with Crippen molar-refractivity contribution in [3.05, 3.63) is 22.2 Å². The lowest BCUT2D eigenvalue weighted by Gasteiger charge is -2.08. The van der Waals surface area contributed by atoms with E-state index in [9.17, 15) is 9.90 Å². The Hall–Kier alpha value is -0.750. The molecular weight excluding hydrogens is 555 g/mol. The van der Waals surface area contributed by atoms with Gasteiger partial charge in [-0.05, 0) is 42.6 Å². The molecular formula is C41H77O2P. The minimum absolute atomic E-state index is 0.380. The van der Waals surface area contributed by atoms with Crippen LogP contribution in [-0.4, -0.2) is 11.1 Å². The molecule has 1 N–H and O–H groups in total. The quantitative estimate of drug-likeness (QED) is 0.0756. The Morgan fingerprint density at radius 1 is 0.455 bits per heavy atom. The van der Waals surface area contributed by atoms with Crippen molar-refractivity contribution >= 4 is 14.2 Å². The molecule has 0 aliphatic heterocycles. The summed E-state index contributed by atoms with van der Waals surface area (Å²) in [5.41, 5.74) is 2.59. The number of hydrogen-bond acceptors (Lipinski definition) is 1. The van der Waals surface area contributed by atoms with Crippen LogP contribution in [0.5, 0.6) is 0 Å². The van der Waals surface area contributed by atoms with Crippen LogP contribution >= 0.6 is 8.19 Å². The van der Waals surface area contributed by atoms with E-state index in [-0.39, 0.29) is 0 Å². The summed E-state index contributed by atoms with van der Waals surface area (Å²) in [5, 5.41) is 10.5. The minimum Gasteiger partial charge on any atom is -0.477 e. The van der Waals surface area contributed by atoms with Crippen molar-refractivity contribution in [2.24, 2.45) is 0 Å². The third-order valence-electron chi connectivity index (χ3n) is 9.87. The first-order valence-corrected chi connectivity index (χ1v) is 21.2. The lowest BCUT2D eigenvalue weighted by atomic mass is 9.98. The SMILES string of the molecule is CCCCCCCCCCCCCCCCCCc1c[pH]c(C(=O)O)c1CCCCCCCCCCCCCCCCCC. The van der Waals surface area contributed by atoms with Gasteiger partial charge in [0.1, 0.15) is 0 Å². The van der Waals surface area contributed by atoms with Crippen LogP contribution in [0.3, 0.4) is 0 Å². The second kappa shape index (κ2) is 32.2. The zero-order valence-electron chi connectivity index (χ0n) is 30.0. The molecule has 0 aromatic carbocycles. The first-order valence-electron chi connectivity index (χ1n) is 20.1. The number of aryl methyl sites for hydroxylation is 1. The van der Waals surface area contributed by atoms with Crippen LogP contribution in [0.15, 0.2) is 5.80 Å². The van der Waals surface area contributed by atoms with Crippen LogP contribution in [0.1, 0.15) is 241 Å². The van der Waals surface area contributed by atoms with Crippen molar-refractivity contribution in [2.75, 3.05) is 0 Å². The molecule has 0 saturated carbocycles. The fourth-order valence-electron chi connectivity index (χ4n) is 6.91. The molecule has 3 heteroatoms. The van der Waals surface area contributed by atoms with E-state index in [1.165, 1.54) is 210 Å². The predicted molar refractivity (Wildman–Crippen MR) is 199 cm³/mol. The van der Waals surface area contributed by atoms with Crippen molar-refractivity contribution in [1.29, 1.82) is 0 Å². The van der Waals surface area contributed by atoms with Gasteiger partial charge < -0.3 is 5.11 Å². The molecule has 2 nitrogen and oxygen atoms in total. The predicted octanol–water partition coefficient (Wildman–Crippen LogP) is 15.0. The van der Waals surface area contributed by atoms with E-state index in [1.54, 1.807) is 0 Å². The van der Waals surface area contributed by atoms with Gasteiger partial charge in [-0.3, -0.25) is 0 Å². The molecule has 258 valence electrons. The first-order chi connectivity index (χ1) is 21.7. The van der Waals surface area contributed by atoms with Gasteiger partial charge in [-0.2, -0.15) is 0 Å². The van der Waals surface area contributed by atoms with E-state index in [0.29, 0.717) is 8.19 Å². The van der Waals surface area contributed by atoms with E-state index in [0.717, 1.165) is 24.6 Å².